The Balaban J connectivity index is 3.86. The number of aliphatic hydroxyl groups is 2. The average Bonchev–Trinajstić information content (AvgIpc) is 2.02. The van der Waals surface area contributed by atoms with Crippen LogP contribution in [0.15, 0.2) is 0 Å². The summed E-state index contributed by atoms with van der Waals surface area (Å²) >= 11 is 0. The molecular weight excluding hydrogens is 176 g/mol. The molecule has 86 valence electrons. The molecular formula is C12H26O2. The zero-order chi connectivity index (χ0) is 11.2. The van der Waals surface area contributed by atoms with Gasteiger partial charge in [0, 0.05) is 0 Å². The van der Waals surface area contributed by atoms with Crippen molar-refractivity contribution in [3.05, 3.63) is 0 Å². The van der Waals surface area contributed by atoms with Gasteiger partial charge in [-0.3, -0.25) is 0 Å². The minimum atomic E-state index is -0.844. The zero-order valence-corrected chi connectivity index (χ0v) is 10.1. The predicted octanol–water partition coefficient (Wildman–Crippen LogP) is 2.58. The lowest BCUT2D eigenvalue weighted by Gasteiger charge is -2.28. The molecule has 2 nitrogen and oxygen atoms in total. The molecule has 0 aromatic heterocycles. The lowest BCUT2D eigenvalue weighted by atomic mass is 9.87. The Bertz CT molecular complexity index is 143. The fourth-order valence-electron chi connectivity index (χ4n) is 1.84. The molecule has 0 fully saturated rings. The first kappa shape index (κ1) is 13.9. The molecule has 0 heterocycles. The molecule has 0 spiro atoms. The lowest BCUT2D eigenvalue weighted by molar-refractivity contribution is -0.0386. The van der Waals surface area contributed by atoms with Crippen LogP contribution in [0, 0.1) is 11.8 Å². The van der Waals surface area contributed by atoms with Gasteiger partial charge in [0.1, 0.15) is 0 Å². The van der Waals surface area contributed by atoms with Gasteiger partial charge in [0.2, 0.25) is 0 Å². The molecule has 0 saturated carbocycles. The molecule has 0 aliphatic carbocycles. The highest BCUT2D eigenvalue weighted by Crippen LogP contribution is 2.23. The molecule has 0 aromatic carbocycles. The van der Waals surface area contributed by atoms with Gasteiger partial charge in [0.25, 0.3) is 0 Å². The molecule has 14 heavy (non-hydrogen) atoms. The summed E-state index contributed by atoms with van der Waals surface area (Å²) in [6.45, 7) is 8.40. The Hall–Kier alpha value is -0.0800. The summed E-state index contributed by atoms with van der Waals surface area (Å²) in [5.41, 5.74) is -0.844. The van der Waals surface area contributed by atoms with E-state index in [1.807, 2.05) is 0 Å². The second-order valence-electron chi connectivity index (χ2n) is 5.27. The zero-order valence-electron chi connectivity index (χ0n) is 10.1. The van der Waals surface area contributed by atoms with Crippen molar-refractivity contribution in [2.45, 2.75) is 59.0 Å². The van der Waals surface area contributed by atoms with Crippen LogP contribution in [-0.4, -0.2) is 22.4 Å². The SMILES string of the molecule is CC(C)CCCC(O)(CO)CC(C)C. The van der Waals surface area contributed by atoms with Gasteiger partial charge >= 0.3 is 0 Å². The van der Waals surface area contributed by atoms with E-state index < -0.39 is 5.60 Å². The third-order valence-corrected chi connectivity index (χ3v) is 2.51. The topological polar surface area (TPSA) is 40.5 Å². The summed E-state index contributed by atoms with van der Waals surface area (Å²) in [6, 6.07) is 0. The lowest BCUT2D eigenvalue weighted by Crippen LogP contribution is -2.34. The van der Waals surface area contributed by atoms with Gasteiger partial charge < -0.3 is 10.2 Å². The largest absolute Gasteiger partial charge is 0.393 e. The van der Waals surface area contributed by atoms with Crippen LogP contribution in [0.4, 0.5) is 0 Å². The Labute approximate surface area is 88.3 Å². The van der Waals surface area contributed by atoms with Crippen LogP contribution in [0.25, 0.3) is 0 Å². The maximum atomic E-state index is 10.1. The smallest absolute Gasteiger partial charge is 0.0879 e. The van der Waals surface area contributed by atoms with Gasteiger partial charge in [-0.1, -0.05) is 40.5 Å². The van der Waals surface area contributed by atoms with E-state index in [4.69, 9.17) is 5.11 Å². The third-order valence-electron chi connectivity index (χ3n) is 2.51. The predicted molar refractivity (Wildman–Crippen MR) is 60.2 cm³/mol. The maximum Gasteiger partial charge on any atom is 0.0879 e. The van der Waals surface area contributed by atoms with Crippen molar-refractivity contribution in [1.29, 1.82) is 0 Å². The standard InChI is InChI=1S/C12H26O2/c1-10(2)6-5-7-12(14,9-13)8-11(3)4/h10-11,13-14H,5-9H2,1-4H3. The van der Waals surface area contributed by atoms with E-state index in [1.165, 1.54) is 0 Å². The van der Waals surface area contributed by atoms with Crippen molar-refractivity contribution in [2.24, 2.45) is 11.8 Å². The highest BCUT2D eigenvalue weighted by atomic mass is 16.3. The van der Waals surface area contributed by atoms with Crippen LogP contribution in [0.2, 0.25) is 0 Å². The van der Waals surface area contributed by atoms with Crippen LogP contribution in [0.3, 0.4) is 0 Å². The summed E-state index contributed by atoms with van der Waals surface area (Å²) < 4.78 is 0. The Kier molecular flexibility index (Phi) is 6.38. The van der Waals surface area contributed by atoms with Crippen molar-refractivity contribution < 1.29 is 10.2 Å². The molecule has 0 aliphatic heterocycles. The van der Waals surface area contributed by atoms with Crippen LogP contribution in [0.5, 0.6) is 0 Å². The molecule has 0 bridgehead atoms. The van der Waals surface area contributed by atoms with Gasteiger partial charge in [0.15, 0.2) is 0 Å². The van der Waals surface area contributed by atoms with E-state index >= 15 is 0 Å². The summed E-state index contributed by atoms with van der Waals surface area (Å²) in [6.07, 6.45) is 3.54. The Morgan fingerprint density at radius 2 is 1.64 bits per heavy atom. The Morgan fingerprint density at radius 1 is 1.07 bits per heavy atom. The molecule has 0 aliphatic rings. The molecule has 2 heteroatoms. The fraction of sp³-hybridized carbons (Fsp3) is 1.00. The van der Waals surface area contributed by atoms with E-state index in [0.29, 0.717) is 18.3 Å². The normalized spacial score (nSPS) is 16.3. The second-order valence-corrected chi connectivity index (χ2v) is 5.27. The minimum absolute atomic E-state index is 0.108. The average molecular weight is 202 g/mol. The van der Waals surface area contributed by atoms with Crippen molar-refractivity contribution in [1.82, 2.24) is 0 Å². The maximum absolute atomic E-state index is 10.1. The first-order valence-corrected chi connectivity index (χ1v) is 5.73. The summed E-state index contributed by atoms with van der Waals surface area (Å²) in [4.78, 5) is 0. The number of hydrogen-bond acceptors (Lipinski definition) is 2. The molecule has 1 atom stereocenters. The molecule has 0 amide bonds. The molecule has 1 unspecified atom stereocenters. The molecule has 0 aromatic rings. The highest BCUT2D eigenvalue weighted by molar-refractivity contribution is 4.78. The van der Waals surface area contributed by atoms with Crippen molar-refractivity contribution in [3.63, 3.8) is 0 Å². The number of aliphatic hydroxyl groups excluding tert-OH is 1. The molecule has 2 N–H and O–H groups in total. The second kappa shape index (κ2) is 6.41. The summed E-state index contributed by atoms with van der Waals surface area (Å²) in [5.74, 6) is 1.11. The quantitative estimate of drug-likeness (QED) is 0.666. The summed E-state index contributed by atoms with van der Waals surface area (Å²) in [5, 5.41) is 19.2. The van der Waals surface area contributed by atoms with E-state index in [-0.39, 0.29) is 6.61 Å². The summed E-state index contributed by atoms with van der Waals surface area (Å²) in [7, 11) is 0. The van der Waals surface area contributed by atoms with E-state index in [2.05, 4.69) is 27.7 Å². The number of hydrogen-bond donors (Lipinski definition) is 2. The van der Waals surface area contributed by atoms with E-state index in [9.17, 15) is 5.11 Å². The Morgan fingerprint density at radius 3 is 2.00 bits per heavy atom. The molecule has 0 radical (unpaired) electrons. The van der Waals surface area contributed by atoms with Gasteiger partial charge in [-0.15, -0.1) is 0 Å². The van der Waals surface area contributed by atoms with Crippen LogP contribution >= 0.6 is 0 Å². The van der Waals surface area contributed by atoms with Crippen LogP contribution < -0.4 is 0 Å². The van der Waals surface area contributed by atoms with Crippen molar-refractivity contribution in [3.8, 4) is 0 Å². The van der Waals surface area contributed by atoms with Gasteiger partial charge in [-0.25, -0.2) is 0 Å². The first-order valence-electron chi connectivity index (χ1n) is 5.73. The first-order chi connectivity index (χ1) is 6.39. The van der Waals surface area contributed by atoms with Crippen LogP contribution in [-0.2, 0) is 0 Å². The van der Waals surface area contributed by atoms with Crippen LogP contribution in [0.1, 0.15) is 53.4 Å². The fourth-order valence-corrected chi connectivity index (χ4v) is 1.84. The van der Waals surface area contributed by atoms with Crippen molar-refractivity contribution >= 4 is 0 Å². The van der Waals surface area contributed by atoms with Crippen molar-refractivity contribution in [2.75, 3.05) is 6.61 Å². The van der Waals surface area contributed by atoms with E-state index in [0.717, 1.165) is 19.3 Å². The molecule has 0 rings (SSSR count). The van der Waals surface area contributed by atoms with Gasteiger partial charge in [0.05, 0.1) is 12.2 Å². The number of rotatable bonds is 7. The van der Waals surface area contributed by atoms with Gasteiger partial charge in [-0.05, 0) is 24.7 Å². The minimum Gasteiger partial charge on any atom is -0.393 e. The molecule has 0 saturated heterocycles. The monoisotopic (exact) mass is 202 g/mol. The third kappa shape index (κ3) is 6.39. The highest BCUT2D eigenvalue weighted by Gasteiger charge is 2.26. The van der Waals surface area contributed by atoms with E-state index in [1.54, 1.807) is 0 Å². The van der Waals surface area contributed by atoms with Gasteiger partial charge in [-0.2, -0.15) is 0 Å².